The second kappa shape index (κ2) is 6.50. The molecule has 0 fully saturated rings. The first kappa shape index (κ1) is 13.8. The van der Waals surface area contributed by atoms with Gasteiger partial charge in [-0.3, -0.25) is 0 Å². The highest BCUT2D eigenvalue weighted by Gasteiger charge is 2.09. The zero-order chi connectivity index (χ0) is 12.8. The van der Waals surface area contributed by atoms with Gasteiger partial charge in [0.05, 0.1) is 19.8 Å². The number of benzene rings is 1. The minimum atomic E-state index is -0.493. The molecule has 3 heteroatoms. The third-order valence-corrected chi connectivity index (χ3v) is 2.89. The molecule has 0 spiro atoms. The maximum Gasteiger partial charge on any atom is 0.161 e. The van der Waals surface area contributed by atoms with E-state index < -0.39 is 6.10 Å². The highest BCUT2D eigenvalue weighted by atomic mass is 16.5. The molecule has 0 aromatic heterocycles. The predicted molar refractivity (Wildman–Crippen MR) is 68.6 cm³/mol. The number of methoxy groups -OCH3 is 1. The molecule has 0 aliphatic rings. The number of rotatable bonds is 6. The lowest BCUT2D eigenvalue weighted by Crippen LogP contribution is -2.08. The fraction of sp³-hybridized carbons (Fsp3) is 0.571. The normalized spacial score (nSPS) is 14.2. The molecule has 0 saturated carbocycles. The van der Waals surface area contributed by atoms with Crippen molar-refractivity contribution < 1.29 is 14.6 Å². The second-order valence-electron chi connectivity index (χ2n) is 4.41. The SMILES string of the molecule is CCC(C)COc1ccc([C@H](C)O)cc1OC. The number of aliphatic hydroxyl groups excluding tert-OH is 1. The lowest BCUT2D eigenvalue weighted by atomic mass is 10.1. The molecule has 1 rings (SSSR count). The van der Waals surface area contributed by atoms with Gasteiger partial charge in [0.2, 0.25) is 0 Å². The van der Waals surface area contributed by atoms with Crippen LogP contribution in [0.25, 0.3) is 0 Å². The van der Waals surface area contributed by atoms with Crippen molar-refractivity contribution in [2.45, 2.75) is 33.3 Å². The van der Waals surface area contributed by atoms with Crippen molar-refractivity contribution in [3.63, 3.8) is 0 Å². The molecule has 0 aliphatic heterocycles. The molecule has 1 unspecified atom stereocenters. The number of ether oxygens (including phenoxy) is 2. The number of hydrogen-bond donors (Lipinski definition) is 1. The molecule has 1 N–H and O–H groups in total. The molecule has 2 atom stereocenters. The second-order valence-corrected chi connectivity index (χ2v) is 4.41. The Labute approximate surface area is 103 Å². The van der Waals surface area contributed by atoms with Gasteiger partial charge in [-0.2, -0.15) is 0 Å². The monoisotopic (exact) mass is 238 g/mol. The largest absolute Gasteiger partial charge is 0.493 e. The highest BCUT2D eigenvalue weighted by Crippen LogP contribution is 2.30. The summed E-state index contributed by atoms with van der Waals surface area (Å²) >= 11 is 0. The first-order chi connectivity index (χ1) is 8.08. The van der Waals surface area contributed by atoms with Crippen molar-refractivity contribution in [2.75, 3.05) is 13.7 Å². The Morgan fingerprint density at radius 2 is 1.94 bits per heavy atom. The molecular weight excluding hydrogens is 216 g/mol. The highest BCUT2D eigenvalue weighted by molar-refractivity contribution is 5.43. The number of aliphatic hydroxyl groups is 1. The molecule has 0 aliphatic carbocycles. The summed E-state index contributed by atoms with van der Waals surface area (Å²) < 4.78 is 11.0. The molecule has 1 aromatic rings. The van der Waals surface area contributed by atoms with E-state index in [9.17, 15) is 5.11 Å². The Bertz CT molecular complexity index is 347. The van der Waals surface area contributed by atoms with Crippen molar-refractivity contribution in [3.8, 4) is 11.5 Å². The quantitative estimate of drug-likeness (QED) is 0.827. The van der Waals surface area contributed by atoms with Crippen LogP contribution in [0.5, 0.6) is 11.5 Å². The Morgan fingerprint density at radius 3 is 2.47 bits per heavy atom. The van der Waals surface area contributed by atoms with Crippen LogP contribution in [0.2, 0.25) is 0 Å². The first-order valence-electron chi connectivity index (χ1n) is 6.07. The van der Waals surface area contributed by atoms with Gasteiger partial charge < -0.3 is 14.6 Å². The van der Waals surface area contributed by atoms with E-state index in [2.05, 4.69) is 13.8 Å². The van der Waals surface area contributed by atoms with Gasteiger partial charge >= 0.3 is 0 Å². The molecular formula is C14H22O3. The van der Waals surface area contributed by atoms with Gasteiger partial charge in [0, 0.05) is 0 Å². The smallest absolute Gasteiger partial charge is 0.161 e. The van der Waals surface area contributed by atoms with E-state index in [1.807, 2.05) is 18.2 Å². The summed E-state index contributed by atoms with van der Waals surface area (Å²) in [5, 5.41) is 9.49. The minimum absolute atomic E-state index is 0.493. The van der Waals surface area contributed by atoms with Gasteiger partial charge in [-0.15, -0.1) is 0 Å². The summed E-state index contributed by atoms with van der Waals surface area (Å²) in [5.74, 6) is 1.93. The maximum absolute atomic E-state index is 9.49. The molecule has 0 saturated heterocycles. The Kier molecular flexibility index (Phi) is 5.29. The summed E-state index contributed by atoms with van der Waals surface area (Å²) in [6, 6.07) is 5.53. The molecule has 96 valence electrons. The van der Waals surface area contributed by atoms with Gasteiger partial charge in [0.1, 0.15) is 0 Å². The fourth-order valence-corrected chi connectivity index (χ4v) is 1.41. The van der Waals surface area contributed by atoms with Crippen LogP contribution in [0.3, 0.4) is 0 Å². The van der Waals surface area contributed by atoms with Gasteiger partial charge in [-0.05, 0) is 30.5 Å². The van der Waals surface area contributed by atoms with E-state index in [-0.39, 0.29) is 0 Å². The van der Waals surface area contributed by atoms with Crippen molar-refractivity contribution >= 4 is 0 Å². The summed E-state index contributed by atoms with van der Waals surface area (Å²) in [6.45, 7) is 6.70. The van der Waals surface area contributed by atoms with E-state index in [1.54, 1.807) is 14.0 Å². The third-order valence-electron chi connectivity index (χ3n) is 2.89. The van der Waals surface area contributed by atoms with Crippen LogP contribution >= 0.6 is 0 Å². The average Bonchev–Trinajstić information content (AvgIpc) is 2.35. The van der Waals surface area contributed by atoms with E-state index in [1.165, 1.54) is 0 Å². The Balaban J connectivity index is 2.78. The maximum atomic E-state index is 9.49. The summed E-state index contributed by atoms with van der Waals surface area (Å²) in [6.07, 6.45) is 0.598. The topological polar surface area (TPSA) is 38.7 Å². The van der Waals surface area contributed by atoms with Crippen molar-refractivity contribution in [3.05, 3.63) is 23.8 Å². The molecule has 1 aromatic carbocycles. The van der Waals surface area contributed by atoms with E-state index >= 15 is 0 Å². The zero-order valence-electron chi connectivity index (χ0n) is 11.1. The summed E-state index contributed by atoms with van der Waals surface area (Å²) in [5.41, 5.74) is 0.831. The van der Waals surface area contributed by atoms with Gasteiger partial charge in [-0.25, -0.2) is 0 Å². The average molecular weight is 238 g/mol. The van der Waals surface area contributed by atoms with Crippen LogP contribution in [-0.4, -0.2) is 18.8 Å². The van der Waals surface area contributed by atoms with E-state index in [4.69, 9.17) is 9.47 Å². The summed E-state index contributed by atoms with van der Waals surface area (Å²) in [7, 11) is 1.61. The Hall–Kier alpha value is -1.22. The molecule has 0 amide bonds. The predicted octanol–water partition coefficient (Wildman–Crippen LogP) is 3.17. The first-order valence-corrected chi connectivity index (χ1v) is 6.07. The van der Waals surface area contributed by atoms with Crippen LogP contribution in [-0.2, 0) is 0 Å². The lowest BCUT2D eigenvalue weighted by Gasteiger charge is -2.15. The molecule has 0 radical (unpaired) electrons. The molecule has 17 heavy (non-hydrogen) atoms. The molecule has 3 nitrogen and oxygen atoms in total. The third kappa shape index (κ3) is 3.93. The molecule has 0 heterocycles. The van der Waals surface area contributed by atoms with Crippen LogP contribution in [0, 0.1) is 5.92 Å². The number of hydrogen-bond acceptors (Lipinski definition) is 3. The van der Waals surface area contributed by atoms with Gasteiger partial charge in [0.25, 0.3) is 0 Å². The minimum Gasteiger partial charge on any atom is -0.493 e. The van der Waals surface area contributed by atoms with Crippen molar-refractivity contribution in [2.24, 2.45) is 5.92 Å². The van der Waals surface area contributed by atoms with Crippen molar-refractivity contribution in [1.82, 2.24) is 0 Å². The van der Waals surface area contributed by atoms with Crippen LogP contribution < -0.4 is 9.47 Å². The Morgan fingerprint density at radius 1 is 1.24 bits per heavy atom. The van der Waals surface area contributed by atoms with E-state index in [0.717, 1.165) is 17.7 Å². The standard InChI is InChI=1S/C14H22O3/c1-5-10(2)9-17-13-7-6-12(11(3)15)8-14(13)16-4/h6-8,10-11,15H,5,9H2,1-4H3/t10?,11-/m0/s1. The summed E-state index contributed by atoms with van der Waals surface area (Å²) in [4.78, 5) is 0. The van der Waals surface area contributed by atoms with E-state index in [0.29, 0.717) is 18.3 Å². The zero-order valence-corrected chi connectivity index (χ0v) is 11.1. The molecule has 0 bridgehead atoms. The van der Waals surface area contributed by atoms with Crippen LogP contribution in [0.1, 0.15) is 38.9 Å². The van der Waals surface area contributed by atoms with Gasteiger partial charge in [0.15, 0.2) is 11.5 Å². The van der Waals surface area contributed by atoms with Crippen LogP contribution in [0.4, 0.5) is 0 Å². The van der Waals surface area contributed by atoms with Crippen molar-refractivity contribution in [1.29, 1.82) is 0 Å². The lowest BCUT2D eigenvalue weighted by molar-refractivity contribution is 0.198. The fourth-order valence-electron chi connectivity index (χ4n) is 1.41. The van der Waals surface area contributed by atoms with Crippen LogP contribution in [0.15, 0.2) is 18.2 Å². The van der Waals surface area contributed by atoms with Gasteiger partial charge in [-0.1, -0.05) is 26.3 Å².